The molecule has 1 rings (SSSR count). The van der Waals surface area contributed by atoms with Crippen LogP contribution in [0.3, 0.4) is 0 Å². The summed E-state index contributed by atoms with van der Waals surface area (Å²) in [6.07, 6.45) is 7.25. The third-order valence-electron chi connectivity index (χ3n) is 2.47. The molecular formula is C12H18ClN3O. The predicted molar refractivity (Wildman–Crippen MR) is 68.1 cm³/mol. The van der Waals surface area contributed by atoms with Gasteiger partial charge >= 0.3 is 0 Å². The van der Waals surface area contributed by atoms with Crippen molar-refractivity contribution in [2.45, 2.75) is 45.6 Å². The van der Waals surface area contributed by atoms with Gasteiger partial charge in [-0.05, 0) is 13.3 Å². The van der Waals surface area contributed by atoms with Crippen molar-refractivity contribution in [2.75, 3.05) is 0 Å². The van der Waals surface area contributed by atoms with Gasteiger partial charge in [0, 0.05) is 6.04 Å². The van der Waals surface area contributed by atoms with Gasteiger partial charge in [0.05, 0.1) is 12.4 Å². The van der Waals surface area contributed by atoms with E-state index in [1.165, 1.54) is 25.2 Å². The number of nitrogens with one attached hydrogen (secondary N) is 1. The number of carbonyl (C=O) groups excluding carboxylic acids is 1. The molecule has 94 valence electrons. The zero-order valence-corrected chi connectivity index (χ0v) is 11.0. The number of hydrogen-bond acceptors (Lipinski definition) is 3. The summed E-state index contributed by atoms with van der Waals surface area (Å²) in [6, 6.07) is 0.159. The Hall–Kier alpha value is -1.16. The maximum absolute atomic E-state index is 11.7. The first-order valence-corrected chi connectivity index (χ1v) is 6.29. The molecule has 1 amide bonds. The summed E-state index contributed by atoms with van der Waals surface area (Å²) < 4.78 is 0. The highest BCUT2D eigenvalue weighted by atomic mass is 35.5. The SMILES string of the molecule is CCCCCC(C)NC(=O)c1cnc(Cl)cn1. The van der Waals surface area contributed by atoms with Crippen molar-refractivity contribution in [3.8, 4) is 0 Å². The molecule has 0 aliphatic heterocycles. The molecule has 1 aromatic rings. The lowest BCUT2D eigenvalue weighted by molar-refractivity contribution is 0.0932. The number of nitrogens with zero attached hydrogens (tertiary/aromatic N) is 2. The van der Waals surface area contributed by atoms with Crippen LogP contribution in [0, 0.1) is 0 Å². The van der Waals surface area contributed by atoms with Crippen molar-refractivity contribution >= 4 is 17.5 Å². The first kappa shape index (κ1) is 13.9. The minimum absolute atomic E-state index is 0.159. The molecule has 1 heterocycles. The van der Waals surface area contributed by atoms with Crippen molar-refractivity contribution in [3.05, 3.63) is 23.2 Å². The van der Waals surface area contributed by atoms with E-state index in [1.807, 2.05) is 6.92 Å². The molecule has 0 aromatic carbocycles. The van der Waals surface area contributed by atoms with Gasteiger partial charge in [-0.1, -0.05) is 37.8 Å². The monoisotopic (exact) mass is 255 g/mol. The standard InChI is InChI=1S/C12H18ClN3O/c1-3-4-5-6-9(2)16-12(17)10-7-15-11(13)8-14-10/h7-9H,3-6H2,1-2H3,(H,16,17). The van der Waals surface area contributed by atoms with E-state index >= 15 is 0 Å². The second kappa shape index (κ2) is 7.22. The van der Waals surface area contributed by atoms with Gasteiger partial charge in [0.2, 0.25) is 0 Å². The van der Waals surface area contributed by atoms with Crippen LogP contribution < -0.4 is 5.32 Å². The van der Waals surface area contributed by atoms with Crippen LogP contribution in [0.1, 0.15) is 50.0 Å². The fraction of sp³-hybridized carbons (Fsp3) is 0.583. The molecule has 0 aliphatic rings. The largest absolute Gasteiger partial charge is 0.348 e. The van der Waals surface area contributed by atoms with E-state index in [4.69, 9.17) is 11.6 Å². The molecule has 0 spiro atoms. The lowest BCUT2D eigenvalue weighted by Gasteiger charge is -2.12. The molecule has 0 bridgehead atoms. The number of hydrogen-bond donors (Lipinski definition) is 1. The van der Waals surface area contributed by atoms with Crippen LogP contribution in [0.4, 0.5) is 0 Å². The van der Waals surface area contributed by atoms with Crippen molar-refractivity contribution in [1.29, 1.82) is 0 Å². The fourth-order valence-corrected chi connectivity index (χ4v) is 1.60. The number of amides is 1. The quantitative estimate of drug-likeness (QED) is 0.796. The molecule has 0 fully saturated rings. The summed E-state index contributed by atoms with van der Waals surface area (Å²) >= 11 is 5.60. The minimum Gasteiger partial charge on any atom is -0.348 e. The molecule has 4 nitrogen and oxygen atoms in total. The number of carbonyl (C=O) groups is 1. The first-order chi connectivity index (χ1) is 8.13. The van der Waals surface area contributed by atoms with Gasteiger partial charge in [0.15, 0.2) is 0 Å². The van der Waals surface area contributed by atoms with Crippen LogP contribution in [0.25, 0.3) is 0 Å². The molecule has 1 aromatic heterocycles. The van der Waals surface area contributed by atoms with Gasteiger partial charge < -0.3 is 5.32 Å². The molecule has 1 unspecified atom stereocenters. The Morgan fingerprint density at radius 1 is 1.41 bits per heavy atom. The van der Waals surface area contributed by atoms with Crippen molar-refractivity contribution in [3.63, 3.8) is 0 Å². The summed E-state index contributed by atoms with van der Waals surface area (Å²) in [4.78, 5) is 19.5. The van der Waals surface area contributed by atoms with Crippen LogP contribution in [0.5, 0.6) is 0 Å². The van der Waals surface area contributed by atoms with Crippen LogP contribution in [-0.4, -0.2) is 21.9 Å². The summed E-state index contributed by atoms with van der Waals surface area (Å²) in [5.74, 6) is -0.196. The van der Waals surface area contributed by atoms with Crippen LogP contribution >= 0.6 is 11.6 Å². The molecule has 17 heavy (non-hydrogen) atoms. The van der Waals surface area contributed by atoms with Gasteiger partial charge in [0.25, 0.3) is 5.91 Å². The normalized spacial score (nSPS) is 12.2. The first-order valence-electron chi connectivity index (χ1n) is 5.92. The Labute approximate surface area is 107 Å². The summed E-state index contributed by atoms with van der Waals surface area (Å²) in [7, 11) is 0. The lowest BCUT2D eigenvalue weighted by Crippen LogP contribution is -2.33. The van der Waals surface area contributed by atoms with Gasteiger partial charge in [-0.2, -0.15) is 0 Å². The zero-order valence-electron chi connectivity index (χ0n) is 10.2. The van der Waals surface area contributed by atoms with E-state index in [0.717, 1.165) is 12.8 Å². The van der Waals surface area contributed by atoms with Crippen molar-refractivity contribution < 1.29 is 4.79 Å². The molecule has 5 heteroatoms. The average Bonchev–Trinajstić information content (AvgIpc) is 2.30. The van der Waals surface area contributed by atoms with E-state index in [-0.39, 0.29) is 17.1 Å². The Bertz CT molecular complexity index is 353. The lowest BCUT2D eigenvalue weighted by atomic mass is 10.1. The molecule has 0 saturated carbocycles. The zero-order chi connectivity index (χ0) is 12.7. The topological polar surface area (TPSA) is 54.9 Å². The van der Waals surface area contributed by atoms with E-state index < -0.39 is 0 Å². The molecular weight excluding hydrogens is 238 g/mol. The van der Waals surface area contributed by atoms with Gasteiger partial charge in [-0.15, -0.1) is 0 Å². The van der Waals surface area contributed by atoms with E-state index in [1.54, 1.807) is 0 Å². The fourth-order valence-electron chi connectivity index (χ4n) is 1.50. The highest BCUT2D eigenvalue weighted by Crippen LogP contribution is 2.05. The summed E-state index contributed by atoms with van der Waals surface area (Å²) in [6.45, 7) is 4.16. The number of halogens is 1. The Morgan fingerprint density at radius 2 is 2.18 bits per heavy atom. The van der Waals surface area contributed by atoms with Gasteiger partial charge in [0.1, 0.15) is 10.8 Å². The highest BCUT2D eigenvalue weighted by molar-refractivity contribution is 6.29. The van der Waals surface area contributed by atoms with Gasteiger partial charge in [-0.3, -0.25) is 4.79 Å². The Morgan fingerprint density at radius 3 is 2.76 bits per heavy atom. The Balaban J connectivity index is 2.40. The van der Waals surface area contributed by atoms with Crippen molar-refractivity contribution in [1.82, 2.24) is 15.3 Å². The summed E-state index contributed by atoms with van der Waals surface area (Å²) in [5.41, 5.74) is 0.303. The highest BCUT2D eigenvalue weighted by Gasteiger charge is 2.10. The second-order valence-electron chi connectivity index (χ2n) is 4.09. The van der Waals surface area contributed by atoms with Gasteiger partial charge in [-0.25, -0.2) is 9.97 Å². The summed E-state index contributed by atoms with van der Waals surface area (Å²) in [5, 5.41) is 3.18. The molecule has 0 aliphatic carbocycles. The smallest absolute Gasteiger partial charge is 0.271 e. The second-order valence-corrected chi connectivity index (χ2v) is 4.48. The maximum atomic E-state index is 11.7. The predicted octanol–water partition coefficient (Wildman–Crippen LogP) is 2.83. The van der Waals surface area contributed by atoms with E-state index in [2.05, 4.69) is 22.2 Å². The molecule has 1 N–H and O–H groups in total. The number of aromatic nitrogens is 2. The third kappa shape index (κ3) is 5.13. The Kier molecular flexibility index (Phi) is 5.91. The average molecular weight is 256 g/mol. The molecule has 0 saturated heterocycles. The maximum Gasteiger partial charge on any atom is 0.271 e. The number of rotatable bonds is 6. The van der Waals surface area contributed by atoms with E-state index in [9.17, 15) is 4.79 Å². The molecule has 0 radical (unpaired) electrons. The molecule has 1 atom stereocenters. The van der Waals surface area contributed by atoms with E-state index in [0.29, 0.717) is 5.69 Å². The van der Waals surface area contributed by atoms with Crippen LogP contribution in [-0.2, 0) is 0 Å². The van der Waals surface area contributed by atoms with Crippen LogP contribution in [0.15, 0.2) is 12.4 Å². The van der Waals surface area contributed by atoms with Crippen molar-refractivity contribution in [2.24, 2.45) is 0 Å². The number of unbranched alkanes of at least 4 members (excludes halogenated alkanes) is 2. The minimum atomic E-state index is -0.196. The third-order valence-corrected chi connectivity index (χ3v) is 2.67. The van der Waals surface area contributed by atoms with Crippen LogP contribution in [0.2, 0.25) is 5.15 Å².